The summed E-state index contributed by atoms with van der Waals surface area (Å²) in [6, 6.07) is 65.8. The van der Waals surface area contributed by atoms with Crippen molar-refractivity contribution in [2.45, 2.75) is 0 Å². The molecule has 0 amide bonds. The van der Waals surface area contributed by atoms with Crippen LogP contribution in [0.5, 0.6) is 0 Å². The first kappa shape index (κ1) is 31.1. The molecule has 0 spiro atoms. The molecule has 2 heterocycles. The molecule has 0 saturated carbocycles. The van der Waals surface area contributed by atoms with Crippen molar-refractivity contribution in [3.05, 3.63) is 188 Å². The highest BCUT2D eigenvalue weighted by Gasteiger charge is 2.21. The van der Waals surface area contributed by atoms with Gasteiger partial charge in [-0.25, -0.2) is 15.0 Å². The van der Waals surface area contributed by atoms with Crippen molar-refractivity contribution in [3.63, 3.8) is 0 Å². The van der Waals surface area contributed by atoms with E-state index < -0.39 is 0 Å². The topological polar surface area (TPSA) is 51.8 Å². The van der Waals surface area contributed by atoms with Gasteiger partial charge in [0.05, 0.1) is 5.56 Å². The Balaban J connectivity index is 1.13. The Morgan fingerprint density at radius 2 is 0.836 bits per heavy atom. The van der Waals surface area contributed by atoms with E-state index in [1.807, 2.05) is 36.4 Å². The Morgan fingerprint density at radius 1 is 0.273 bits per heavy atom. The molecule has 0 radical (unpaired) electrons. The molecule has 0 fully saturated rings. The summed E-state index contributed by atoms with van der Waals surface area (Å²) in [5.74, 6) is 1.77. The SMILES string of the molecule is c1ccc(-c2ccc3ccc(-c4nc(-c5ccccc5)nc(-c5cccc6c5oc5c7ccccc7c(-c7cccc8ccccc78)cc65)n4)cc3c2)cc1. The molecule has 11 aromatic rings. The van der Waals surface area contributed by atoms with Crippen LogP contribution in [0.25, 0.3) is 111 Å². The van der Waals surface area contributed by atoms with Crippen molar-refractivity contribution < 1.29 is 4.42 Å². The molecule has 9 aromatic carbocycles. The van der Waals surface area contributed by atoms with E-state index in [2.05, 4.69) is 152 Å². The molecular formula is C51H31N3O. The summed E-state index contributed by atoms with van der Waals surface area (Å²) < 4.78 is 6.93. The zero-order chi connectivity index (χ0) is 36.3. The molecule has 0 atom stereocenters. The number of para-hydroxylation sites is 1. The molecule has 0 unspecified atom stereocenters. The van der Waals surface area contributed by atoms with Crippen LogP contribution in [0.4, 0.5) is 0 Å². The lowest BCUT2D eigenvalue weighted by Crippen LogP contribution is -2.00. The zero-order valence-electron chi connectivity index (χ0n) is 29.6. The van der Waals surface area contributed by atoms with E-state index >= 15 is 0 Å². The average Bonchev–Trinajstić information content (AvgIpc) is 3.65. The van der Waals surface area contributed by atoms with Crippen LogP contribution < -0.4 is 0 Å². The number of aromatic nitrogens is 3. The van der Waals surface area contributed by atoms with E-state index in [0.29, 0.717) is 17.5 Å². The summed E-state index contributed by atoms with van der Waals surface area (Å²) in [5, 5.41) is 9.00. The first-order chi connectivity index (χ1) is 27.2. The van der Waals surface area contributed by atoms with Gasteiger partial charge in [0.1, 0.15) is 11.2 Å². The predicted octanol–water partition coefficient (Wildman–Crippen LogP) is 13.6. The fourth-order valence-corrected chi connectivity index (χ4v) is 8.02. The van der Waals surface area contributed by atoms with Gasteiger partial charge in [0.15, 0.2) is 17.5 Å². The number of rotatable bonds is 5. The normalized spacial score (nSPS) is 11.6. The van der Waals surface area contributed by atoms with Crippen LogP contribution in [-0.2, 0) is 0 Å². The standard InChI is InChI=1S/C51H31N3O/c1-3-13-32(14-4-1)36-27-25-33-26-28-37(30-38(33)29-36)50-52-49(35-16-5-2-6-17-35)53-51(54-50)44-24-12-23-43-46-31-45(40-22-11-18-34-15-7-8-19-39(34)40)41-20-9-10-21-42(41)48(46)55-47(43)44/h1-31H. The molecule has 4 nitrogen and oxygen atoms in total. The summed E-state index contributed by atoms with van der Waals surface area (Å²) in [6.45, 7) is 0. The average molecular weight is 702 g/mol. The fourth-order valence-electron chi connectivity index (χ4n) is 8.02. The third kappa shape index (κ3) is 5.26. The van der Waals surface area contributed by atoms with Gasteiger partial charge < -0.3 is 4.42 Å². The summed E-state index contributed by atoms with van der Waals surface area (Å²) in [6.07, 6.45) is 0. The lowest BCUT2D eigenvalue weighted by molar-refractivity contribution is 0.673. The van der Waals surface area contributed by atoms with E-state index in [1.54, 1.807) is 0 Å². The van der Waals surface area contributed by atoms with Crippen LogP contribution in [0.15, 0.2) is 192 Å². The quantitative estimate of drug-likeness (QED) is 0.179. The van der Waals surface area contributed by atoms with Crippen LogP contribution in [0, 0.1) is 0 Å². The number of nitrogens with zero attached hydrogens (tertiary/aromatic N) is 3. The Labute approximate surface area is 317 Å². The highest BCUT2D eigenvalue weighted by molar-refractivity contribution is 6.21. The van der Waals surface area contributed by atoms with E-state index in [9.17, 15) is 0 Å². The number of benzene rings is 9. The largest absolute Gasteiger partial charge is 0.455 e. The molecule has 0 saturated heterocycles. The number of hydrogen-bond acceptors (Lipinski definition) is 4. The summed E-state index contributed by atoms with van der Waals surface area (Å²) in [5.41, 5.74) is 8.97. The van der Waals surface area contributed by atoms with E-state index in [-0.39, 0.29) is 0 Å². The van der Waals surface area contributed by atoms with Crippen LogP contribution in [-0.4, -0.2) is 15.0 Å². The summed E-state index contributed by atoms with van der Waals surface area (Å²) in [4.78, 5) is 15.4. The molecule has 0 aliphatic carbocycles. The molecule has 2 aromatic heterocycles. The molecule has 0 aliphatic heterocycles. The first-order valence-corrected chi connectivity index (χ1v) is 18.5. The van der Waals surface area contributed by atoms with Crippen molar-refractivity contribution in [1.29, 1.82) is 0 Å². The molecule has 0 bridgehead atoms. The summed E-state index contributed by atoms with van der Waals surface area (Å²) in [7, 11) is 0. The third-order valence-electron chi connectivity index (χ3n) is 10.7. The minimum Gasteiger partial charge on any atom is -0.455 e. The second-order valence-corrected chi connectivity index (χ2v) is 14.0. The summed E-state index contributed by atoms with van der Waals surface area (Å²) >= 11 is 0. The van der Waals surface area contributed by atoms with E-state index in [4.69, 9.17) is 19.4 Å². The van der Waals surface area contributed by atoms with Gasteiger partial charge >= 0.3 is 0 Å². The minimum absolute atomic E-state index is 0.560. The van der Waals surface area contributed by atoms with Crippen molar-refractivity contribution in [1.82, 2.24) is 15.0 Å². The van der Waals surface area contributed by atoms with Gasteiger partial charge in [-0.3, -0.25) is 0 Å². The highest BCUT2D eigenvalue weighted by atomic mass is 16.3. The number of hydrogen-bond donors (Lipinski definition) is 0. The zero-order valence-corrected chi connectivity index (χ0v) is 29.6. The van der Waals surface area contributed by atoms with Gasteiger partial charge in [-0.05, 0) is 73.5 Å². The third-order valence-corrected chi connectivity index (χ3v) is 10.7. The van der Waals surface area contributed by atoms with Crippen LogP contribution in [0.3, 0.4) is 0 Å². The Bertz CT molecular complexity index is 3250. The van der Waals surface area contributed by atoms with E-state index in [1.165, 1.54) is 33.0 Å². The number of furan rings is 1. The van der Waals surface area contributed by atoms with Crippen molar-refractivity contribution >= 4 is 54.3 Å². The highest BCUT2D eigenvalue weighted by Crippen LogP contribution is 2.43. The maximum Gasteiger partial charge on any atom is 0.167 e. The Hall–Kier alpha value is -7.43. The van der Waals surface area contributed by atoms with Gasteiger partial charge in [0.25, 0.3) is 0 Å². The van der Waals surface area contributed by atoms with E-state index in [0.717, 1.165) is 60.2 Å². The Morgan fingerprint density at radius 3 is 1.65 bits per heavy atom. The van der Waals surface area contributed by atoms with Gasteiger partial charge in [0, 0.05) is 27.3 Å². The minimum atomic E-state index is 0.560. The van der Waals surface area contributed by atoms with Crippen molar-refractivity contribution in [2.75, 3.05) is 0 Å². The smallest absolute Gasteiger partial charge is 0.167 e. The second-order valence-electron chi connectivity index (χ2n) is 14.0. The second kappa shape index (κ2) is 12.6. The fraction of sp³-hybridized carbons (Fsp3) is 0. The first-order valence-electron chi connectivity index (χ1n) is 18.5. The van der Waals surface area contributed by atoms with Crippen molar-refractivity contribution in [3.8, 4) is 56.4 Å². The molecule has 55 heavy (non-hydrogen) atoms. The molecule has 0 aliphatic rings. The van der Waals surface area contributed by atoms with Gasteiger partial charge in [-0.1, -0.05) is 164 Å². The molecular weight excluding hydrogens is 671 g/mol. The lowest BCUT2D eigenvalue weighted by atomic mass is 9.92. The van der Waals surface area contributed by atoms with Crippen LogP contribution in [0.1, 0.15) is 0 Å². The van der Waals surface area contributed by atoms with Crippen LogP contribution >= 0.6 is 0 Å². The number of fused-ring (bicyclic) bond motifs is 7. The van der Waals surface area contributed by atoms with Gasteiger partial charge in [-0.2, -0.15) is 0 Å². The van der Waals surface area contributed by atoms with Gasteiger partial charge in [-0.15, -0.1) is 0 Å². The Kier molecular flexibility index (Phi) is 7.14. The van der Waals surface area contributed by atoms with Crippen LogP contribution in [0.2, 0.25) is 0 Å². The van der Waals surface area contributed by atoms with Crippen molar-refractivity contribution in [2.24, 2.45) is 0 Å². The maximum atomic E-state index is 6.93. The molecule has 256 valence electrons. The predicted molar refractivity (Wildman–Crippen MR) is 227 cm³/mol. The monoisotopic (exact) mass is 701 g/mol. The lowest BCUT2D eigenvalue weighted by Gasteiger charge is -2.11. The van der Waals surface area contributed by atoms with Gasteiger partial charge in [0.2, 0.25) is 0 Å². The molecule has 4 heteroatoms. The molecule has 11 rings (SSSR count). The molecule has 0 N–H and O–H groups in total. The maximum absolute atomic E-state index is 6.93.